The zero-order valence-corrected chi connectivity index (χ0v) is 11.4. The molecule has 1 aromatic carbocycles. The van der Waals surface area contributed by atoms with Crippen molar-refractivity contribution < 1.29 is 19.4 Å². The molecule has 0 aliphatic carbocycles. The van der Waals surface area contributed by atoms with Crippen molar-refractivity contribution in [3.63, 3.8) is 0 Å². The largest absolute Gasteiger partial charge is 0.496 e. The maximum absolute atomic E-state index is 11.4. The Morgan fingerprint density at radius 2 is 1.89 bits per heavy atom. The normalized spacial score (nSPS) is 10.1. The van der Waals surface area contributed by atoms with Crippen molar-refractivity contribution in [2.24, 2.45) is 0 Å². The molecule has 0 fully saturated rings. The van der Waals surface area contributed by atoms with Gasteiger partial charge in [0, 0.05) is 13.0 Å². The van der Waals surface area contributed by atoms with Crippen LogP contribution in [0.5, 0.6) is 5.75 Å². The van der Waals surface area contributed by atoms with Crippen molar-refractivity contribution in [3.8, 4) is 5.75 Å². The molecule has 19 heavy (non-hydrogen) atoms. The number of benzene rings is 1. The number of carbonyl (C=O) groups excluding carboxylic acids is 1. The first-order chi connectivity index (χ1) is 8.93. The fourth-order valence-electron chi connectivity index (χ4n) is 1.76. The number of carboxylic acid groups (broad SMARTS) is 1. The first-order valence-electron chi connectivity index (χ1n) is 6.06. The molecule has 104 valence electrons. The quantitative estimate of drug-likeness (QED) is 0.822. The van der Waals surface area contributed by atoms with Crippen molar-refractivity contribution in [3.05, 3.63) is 28.8 Å². The van der Waals surface area contributed by atoms with E-state index >= 15 is 0 Å². The van der Waals surface area contributed by atoms with Crippen LogP contribution in [0.25, 0.3) is 0 Å². The number of ether oxygens (including phenoxy) is 1. The summed E-state index contributed by atoms with van der Waals surface area (Å²) in [6, 6.07) is 3.89. The van der Waals surface area contributed by atoms with E-state index < -0.39 is 5.97 Å². The van der Waals surface area contributed by atoms with E-state index in [9.17, 15) is 9.59 Å². The highest BCUT2D eigenvalue weighted by Gasteiger charge is 2.08. The van der Waals surface area contributed by atoms with Gasteiger partial charge in [-0.25, -0.2) is 0 Å². The number of carbonyl (C=O) groups is 2. The van der Waals surface area contributed by atoms with Crippen LogP contribution < -0.4 is 10.1 Å². The Labute approximate surface area is 112 Å². The molecular weight excluding hydrogens is 246 g/mol. The summed E-state index contributed by atoms with van der Waals surface area (Å²) in [7, 11) is 1.62. The molecule has 0 aromatic heterocycles. The van der Waals surface area contributed by atoms with Crippen molar-refractivity contribution in [1.82, 2.24) is 5.32 Å². The van der Waals surface area contributed by atoms with E-state index in [0.717, 1.165) is 22.4 Å². The van der Waals surface area contributed by atoms with Gasteiger partial charge in [-0.1, -0.05) is 6.07 Å². The van der Waals surface area contributed by atoms with Crippen LogP contribution in [-0.2, 0) is 16.1 Å². The molecule has 0 aliphatic rings. The molecule has 0 radical (unpaired) electrons. The lowest BCUT2D eigenvalue weighted by molar-refractivity contribution is -0.138. The molecule has 0 spiro atoms. The Hall–Kier alpha value is -2.04. The van der Waals surface area contributed by atoms with Gasteiger partial charge in [0.15, 0.2) is 0 Å². The third-order valence-electron chi connectivity index (χ3n) is 2.90. The summed E-state index contributed by atoms with van der Waals surface area (Å²) in [5.41, 5.74) is 3.03. The van der Waals surface area contributed by atoms with Crippen LogP contribution in [0.15, 0.2) is 12.1 Å². The van der Waals surface area contributed by atoms with E-state index in [1.54, 1.807) is 7.11 Å². The first-order valence-corrected chi connectivity index (χ1v) is 6.06. The summed E-state index contributed by atoms with van der Waals surface area (Å²) in [4.78, 5) is 21.8. The second-order valence-corrected chi connectivity index (χ2v) is 4.42. The fraction of sp³-hybridized carbons (Fsp3) is 0.429. The standard InChI is InChI=1S/C14H19NO4/c1-9-7-12(19-3)10(2)6-11(9)8-15-13(16)4-5-14(17)18/h6-7H,4-5,8H2,1-3H3,(H,15,16)(H,17,18). The van der Waals surface area contributed by atoms with E-state index in [1.807, 2.05) is 26.0 Å². The number of aryl methyl sites for hydroxylation is 2. The second-order valence-electron chi connectivity index (χ2n) is 4.42. The maximum atomic E-state index is 11.4. The minimum absolute atomic E-state index is 0.00349. The zero-order chi connectivity index (χ0) is 14.4. The predicted molar refractivity (Wildman–Crippen MR) is 71.2 cm³/mol. The summed E-state index contributed by atoms with van der Waals surface area (Å²) < 4.78 is 5.22. The van der Waals surface area contributed by atoms with Crippen LogP contribution >= 0.6 is 0 Å². The topological polar surface area (TPSA) is 75.6 Å². The van der Waals surface area contributed by atoms with Crippen molar-refractivity contribution >= 4 is 11.9 Å². The molecule has 2 N–H and O–H groups in total. The molecule has 0 saturated carbocycles. The molecule has 0 atom stereocenters. The third-order valence-corrected chi connectivity index (χ3v) is 2.90. The van der Waals surface area contributed by atoms with Gasteiger partial charge in [-0.3, -0.25) is 9.59 Å². The Morgan fingerprint density at radius 3 is 2.47 bits per heavy atom. The van der Waals surface area contributed by atoms with E-state index in [1.165, 1.54) is 0 Å². The fourth-order valence-corrected chi connectivity index (χ4v) is 1.76. The molecule has 5 nitrogen and oxygen atoms in total. The number of hydrogen-bond donors (Lipinski definition) is 2. The predicted octanol–water partition coefficient (Wildman–Crippen LogP) is 1.79. The lowest BCUT2D eigenvalue weighted by Crippen LogP contribution is -2.23. The smallest absolute Gasteiger partial charge is 0.303 e. The average Bonchev–Trinajstić information content (AvgIpc) is 2.36. The minimum Gasteiger partial charge on any atom is -0.496 e. The highest BCUT2D eigenvalue weighted by Crippen LogP contribution is 2.22. The molecule has 1 amide bonds. The van der Waals surface area contributed by atoms with Gasteiger partial charge in [-0.2, -0.15) is 0 Å². The van der Waals surface area contributed by atoms with Gasteiger partial charge in [0.25, 0.3) is 0 Å². The molecule has 0 aliphatic heterocycles. The summed E-state index contributed by atoms with van der Waals surface area (Å²) in [6.45, 7) is 4.28. The lowest BCUT2D eigenvalue weighted by Gasteiger charge is -2.12. The van der Waals surface area contributed by atoms with E-state index in [-0.39, 0.29) is 18.7 Å². The average molecular weight is 265 g/mol. The molecule has 5 heteroatoms. The summed E-state index contributed by atoms with van der Waals surface area (Å²) in [5.74, 6) is -0.402. The summed E-state index contributed by atoms with van der Waals surface area (Å²) >= 11 is 0. The molecule has 1 aromatic rings. The number of carboxylic acids is 1. The summed E-state index contributed by atoms with van der Waals surface area (Å²) in [6.07, 6.45) is -0.143. The van der Waals surface area contributed by atoms with Gasteiger partial charge in [-0.05, 0) is 36.6 Å². The number of hydrogen-bond acceptors (Lipinski definition) is 3. The second kappa shape index (κ2) is 6.78. The van der Waals surface area contributed by atoms with Crippen LogP contribution in [0.1, 0.15) is 29.5 Å². The Bertz CT molecular complexity index is 483. The Kier molecular flexibility index (Phi) is 5.36. The van der Waals surface area contributed by atoms with Crippen molar-refractivity contribution in [1.29, 1.82) is 0 Å². The lowest BCUT2D eigenvalue weighted by atomic mass is 10.0. The SMILES string of the molecule is COc1cc(C)c(CNC(=O)CCC(=O)O)cc1C. The highest BCUT2D eigenvalue weighted by atomic mass is 16.5. The van der Waals surface area contributed by atoms with Crippen LogP contribution in [0.3, 0.4) is 0 Å². The van der Waals surface area contributed by atoms with E-state index in [4.69, 9.17) is 9.84 Å². The van der Waals surface area contributed by atoms with Crippen LogP contribution in [0, 0.1) is 13.8 Å². The molecule has 0 bridgehead atoms. The molecule has 0 unspecified atom stereocenters. The molecule has 0 heterocycles. The molecule has 1 rings (SSSR count). The van der Waals surface area contributed by atoms with Gasteiger partial charge in [-0.15, -0.1) is 0 Å². The minimum atomic E-state index is -0.966. The van der Waals surface area contributed by atoms with Crippen LogP contribution in [0.4, 0.5) is 0 Å². The van der Waals surface area contributed by atoms with E-state index in [2.05, 4.69) is 5.32 Å². The molecular formula is C14H19NO4. The van der Waals surface area contributed by atoms with Crippen LogP contribution in [-0.4, -0.2) is 24.1 Å². The molecule has 0 saturated heterocycles. The number of nitrogens with one attached hydrogen (secondary N) is 1. The monoisotopic (exact) mass is 265 g/mol. The highest BCUT2D eigenvalue weighted by molar-refractivity contribution is 5.80. The number of aliphatic carboxylic acids is 1. The van der Waals surface area contributed by atoms with E-state index in [0.29, 0.717) is 6.54 Å². The number of methoxy groups -OCH3 is 1. The number of rotatable bonds is 6. The maximum Gasteiger partial charge on any atom is 0.303 e. The van der Waals surface area contributed by atoms with Gasteiger partial charge < -0.3 is 15.2 Å². The van der Waals surface area contributed by atoms with Crippen LogP contribution in [0.2, 0.25) is 0 Å². The first kappa shape index (κ1) is 15.0. The van der Waals surface area contributed by atoms with Gasteiger partial charge >= 0.3 is 5.97 Å². The van der Waals surface area contributed by atoms with Gasteiger partial charge in [0.1, 0.15) is 5.75 Å². The van der Waals surface area contributed by atoms with Crippen molar-refractivity contribution in [2.45, 2.75) is 33.2 Å². The van der Waals surface area contributed by atoms with Gasteiger partial charge in [0.2, 0.25) is 5.91 Å². The van der Waals surface area contributed by atoms with Gasteiger partial charge in [0.05, 0.1) is 13.5 Å². The number of amides is 1. The Balaban J connectivity index is 2.60. The zero-order valence-electron chi connectivity index (χ0n) is 11.4. The van der Waals surface area contributed by atoms with Crippen molar-refractivity contribution in [2.75, 3.05) is 7.11 Å². The Morgan fingerprint density at radius 1 is 1.21 bits per heavy atom. The summed E-state index contributed by atoms with van der Waals surface area (Å²) in [5, 5.41) is 11.2. The third kappa shape index (κ3) is 4.62.